The van der Waals surface area contributed by atoms with Crippen molar-refractivity contribution in [2.75, 3.05) is 12.3 Å². The molecule has 110 valence electrons. The molecule has 2 amide bonds. The zero-order valence-electron chi connectivity index (χ0n) is 11.6. The van der Waals surface area contributed by atoms with Gasteiger partial charge in [-0.2, -0.15) is 0 Å². The quantitative estimate of drug-likeness (QED) is 0.528. The van der Waals surface area contributed by atoms with Crippen LogP contribution < -0.4 is 10.6 Å². The SMILES string of the molecule is C=CCn1cnnc1SCC(=O)NCC(=O)NC(C)C. The van der Waals surface area contributed by atoms with Crippen molar-refractivity contribution in [1.29, 1.82) is 0 Å². The highest BCUT2D eigenvalue weighted by Crippen LogP contribution is 2.13. The molecule has 0 spiro atoms. The largest absolute Gasteiger partial charge is 0.352 e. The summed E-state index contributed by atoms with van der Waals surface area (Å²) >= 11 is 1.27. The second-order valence-electron chi connectivity index (χ2n) is 4.34. The standard InChI is InChI=1S/C12H19N5O2S/c1-4-5-17-8-14-16-12(17)20-7-11(19)13-6-10(18)15-9(2)3/h4,8-9H,1,5-7H2,2-3H3,(H,13,19)(H,15,18). The molecule has 20 heavy (non-hydrogen) atoms. The summed E-state index contributed by atoms with van der Waals surface area (Å²) in [6.07, 6.45) is 3.31. The fraction of sp³-hybridized carbons (Fsp3) is 0.500. The highest BCUT2D eigenvalue weighted by Gasteiger charge is 2.09. The summed E-state index contributed by atoms with van der Waals surface area (Å²) in [6, 6.07) is 0.0613. The van der Waals surface area contributed by atoms with Crippen molar-refractivity contribution in [3.63, 3.8) is 0 Å². The normalized spacial score (nSPS) is 10.3. The molecule has 1 heterocycles. The van der Waals surface area contributed by atoms with Gasteiger partial charge in [-0.05, 0) is 13.8 Å². The minimum Gasteiger partial charge on any atom is -0.352 e. The lowest BCUT2D eigenvalue weighted by atomic mass is 10.4. The van der Waals surface area contributed by atoms with Gasteiger partial charge in [0.2, 0.25) is 11.8 Å². The van der Waals surface area contributed by atoms with Crippen LogP contribution in [0.5, 0.6) is 0 Å². The topological polar surface area (TPSA) is 88.9 Å². The van der Waals surface area contributed by atoms with Gasteiger partial charge in [-0.3, -0.25) is 9.59 Å². The predicted octanol–water partition coefficient (Wildman–Crippen LogP) is 0.197. The molecular weight excluding hydrogens is 278 g/mol. The van der Waals surface area contributed by atoms with Crippen LogP contribution in [-0.2, 0) is 16.1 Å². The second kappa shape index (κ2) is 8.36. The first kappa shape index (κ1) is 16.2. The van der Waals surface area contributed by atoms with Gasteiger partial charge < -0.3 is 15.2 Å². The first-order chi connectivity index (χ1) is 9.52. The Hall–Kier alpha value is -1.83. The fourth-order valence-electron chi connectivity index (χ4n) is 1.35. The Morgan fingerprint density at radius 1 is 1.50 bits per heavy atom. The number of carbonyl (C=O) groups excluding carboxylic acids is 2. The highest BCUT2D eigenvalue weighted by molar-refractivity contribution is 7.99. The van der Waals surface area contributed by atoms with Gasteiger partial charge in [0.15, 0.2) is 5.16 Å². The molecule has 8 heteroatoms. The van der Waals surface area contributed by atoms with Crippen molar-refractivity contribution in [2.24, 2.45) is 0 Å². The van der Waals surface area contributed by atoms with Crippen LogP contribution >= 0.6 is 11.8 Å². The molecule has 0 saturated heterocycles. The van der Waals surface area contributed by atoms with Gasteiger partial charge in [0.1, 0.15) is 6.33 Å². The molecule has 0 aliphatic carbocycles. The van der Waals surface area contributed by atoms with E-state index in [-0.39, 0.29) is 30.2 Å². The minimum atomic E-state index is -0.220. The van der Waals surface area contributed by atoms with Crippen LogP contribution in [-0.4, -0.2) is 44.9 Å². The van der Waals surface area contributed by atoms with E-state index < -0.39 is 0 Å². The molecular formula is C12H19N5O2S. The molecule has 0 saturated carbocycles. The van der Waals surface area contributed by atoms with E-state index in [0.29, 0.717) is 11.7 Å². The van der Waals surface area contributed by atoms with Crippen LogP contribution in [0.15, 0.2) is 24.1 Å². The Balaban J connectivity index is 2.31. The molecule has 0 radical (unpaired) electrons. The zero-order valence-corrected chi connectivity index (χ0v) is 12.4. The van der Waals surface area contributed by atoms with E-state index in [9.17, 15) is 9.59 Å². The maximum atomic E-state index is 11.6. The third-order valence-electron chi connectivity index (χ3n) is 2.13. The van der Waals surface area contributed by atoms with Crippen molar-refractivity contribution in [3.8, 4) is 0 Å². The number of aromatic nitrogens is 3. The van der Waals surface area contributed by atoms with Crippen LogP contribution in [0.1, 0.15) is 13.8 Å². The Morgan fingerprint density at radius 3 is 2.90 bits per heavy atom. The predicted molar refractivity (Wildman–Crippen MR) is 77.2 cm³/mol. The average molecular weight is 297 g/mol. The third-order valence-corrected chi connectivity index (χ3v) is 3.11. The number of hydrogen-bond acceptors (Lipinski definition) is 5. The van der Waals surface area contributed by atoms with E-state index in [2.05, 4.69) is 27.4 Å². The van der Waals surface area contributed by atoms with Gasteiger partial charge in [-0.1, -0.05) is 17.8 Å². The van der Waals surface area contributed by atoms with E-state index in [1.54, 1.807) is 17.0 Å². The number of allylic oxidation sites excluding steroid dienone is 1. The minimum absolute atomic E-state index is 0.0169. The van der Waals surface area contributed by atoms with Crippen molar-refractivity contribution in [3.05, 3.63) is 19.0 Å². The number of thioether (sulfide) groups is 1. The summed E-state index contributed by atoms with van der Waals surface area (Å²) in [7, 11) is 0. The molecule has 7 nitrogen and oxygen atoms in total. The Morgan fingerprint density at radius 2 is 2.25 bits per heavy atom. The molecule has 2 N–H and O–H groups in total. The second-order valence-corrected chi connectivity index (χ2v) is 5.28. The summed E-state index contributed by atoms with van der Waals surface area (Å²) in [6.45, 7) is 7.94. The Labute approximate surface area is 122 Å². The van der Waals surface area contributed by atoms with Gasteiger partial charge in [-0.15, -0.1) is 16.8 Å². The number of amides is 2. The van der Waals surface area contributed by atoms with Crippen LogP contribution in [0, 0.1) is 0 Å². The Bertz CT molecular complexity index is 472. The van der Waals surface area contributed by atoms with E-state index in [4.69, 9.17) is 0 Å². The van der Waals surface area contributed by atoms with Crippen molar-refractivity contribution in [2.45, 2.75) is 31.6 Å². The summed E-state index contributed by atoms with van der Waals surface area (Å²) in [5, 5.41) is 13.6. The lowest BCUT2D eigenvalue weighted by molar-refractivity contribution is -0.125. The molecule has 0 aromatic carbocycles. The molecule has 1 aromatic rings. The molecule has 0 unspecified atom stereocenters. The number of hydrogen-bond donors (Lipinski definition) is 2. The van der Waals surface area contributed by atoms with Gasteiger partial charge in [0.25, 0.3) is 0 Å². The monoisotopic (exact) mass is 297 g/mol. The van der Waals surface area contributed by atoms with Gasteiger partial charge in [0.05, 0.1) is 12.3 Å². The molecule has 0 aliphatic heterocycles. The van der Waals surface area contributed by atoms with Crippen molar-refractivity contribution >= 4 is 23.6 Å². The van der Waals surface area contributed by atoms with Gasteiger partial charge >= 0.3 is 0 Å². The molecule has 0 atom stereocenters. The van der Waals surface area contributed by atoms with E-state index in [0.717, 1.165) is 0 Å². The first-order valence-electron chi connectivity index (χ1n) is 6.20. The summed E-state index contributed by atoms with van der Waals surface area (Å²) < 4.78 is 1.79. The van der Waals surface area contributed by atoms with Crippen LogP contribution in [0.2, 0.25) is 0 Å². The maximum Gasteiger partial charge on any atom is 0.239 e. The lowest BCUT2D eigenvalue weighted by Gasteiger charge is -2.09. The van der Waals surface area contributed by atoms with E-state index in [1.165, 1.54) is 11.8 Å². The smallest absolute Gasteiger partial charge is 0.239 e. The maximum absolute atomic E-state index is 11.6. The van der Waals surface area contributed by atoms with Gasteiger partial charge in [0, 0.05) is 12.6 Å². The molecule has 1 rings (SSSR count). The van der Waals surface area contributed by atoms with E-state index in [1.807, 2.05) is 13.8 Å². The third kappa shape index (κ3) is 5.87. The number of nitrogens with one attached hydrogen (secondary N) is 2. The number of carbonyl (C=O) groups is 2. The molecule has 1 aromatic heterocycles. The molecule has 0 bridgehead atoms. The Kier molecular flexibility index (Phi) is 6.78. The highest BCUT2D eigenvalue weighted by atomic mass is 32.2. The lowest BCUT2D eigenvalue weighted by Crippen LogP contribution is -2.40. The van der Waals surface area contributed by atoms with Crippen LogP contribution in [0.25, 0.3) is 0 Å². The number of rotatable bonds is 8. The fourth-order valence-corrected chi connectivity index (χ4v) is 2.11. The average Bonchev–Trinajstić information content (AvgIpc) is 2.81. The van der Waals surface area contributed by atoms with E-state index >= 15 is 0 Å². The summed E-state index contributed by atoms with van der Waals surface area (Å²) in [4.78, 5) is 23.0. The summed E-state index contributed by atoms with van der Waals surface area (Å²) in [5.74, 6) is -0.236. The molecule has 0 aliphatic rings. The summed E-state index contributed by atoms with van der Waals surface area (Å²) in [5.41, 5.74) is 0. The number of nitrogens with zero attached hydrogens (tertiary/aromatic N) is 3. The molecule has 0 fully saturated rings. The van der Waals surface area contributed by atoms with Crippen molar-refractivity contribution < 1.29 is 9.59 Å². The van der Waals surface area contributed by atoms with Gasteiger partial charge in [-0.25, -0.2) is 0 Å². The van der Waals surface area contributed by atoms with Crippen LogP contribution in [0.4, 0.5) is 0 Å². The van der Waals surface area contributed by atoms with Crippen molar-refractivity contribution in [1.82, 2.24) is 25.4 Å². The van der Waals surface area contributed by atoms with Crippen LogP contribution in [0.3, 0.4) is 0 Å². The first-order valence-corrected chi connectivity index (χ1v) is 7.19. The zero-order chi connectivity index (χ0) is 15.0.